The zero-order valence-electron chi connectivity index (χ0n) is 23.7. The van der Waals surface area contributed by atoms with Crippen LogP contribution < -0.4 is 0 Å². The van der Waals surface area contributed by atoms with Gasteiger partial charge in [0, 0.05) is 12.0 Å². The number of hydrogen-bond donors (Lipinski definition) is 1. The summed E-state index contributed by atoms with van der Waals surface area (Å²) in [6.45, 7) is 0.974. The number of benzene rings is 2. The molecule has 208 valence electrons. The molecule has 8 saturated carbocycles. The second kappa shape index (κ2) is 8.01. The number of fused-ring (bicyclic) bond motifs is 1. The van der Waals surface area contributed by atoms with Crippen LogP contribution in [0.3, 0.4) is 0 Å². The van der Waals surface area contributed by atoms with Crippen LogP contribution in [0.1, 0.15) is 88.4 Å². The molecule has 8 aliphatic rings. The Labute approximate surface area is 237 Å². The summed E-state index contributed by atoms with van der Waals surface area (Å²) in [6, 6.07) is 19.7. The fourth-order valence-corrected chi connectivity index (χ4v) is 12.9. The molecule has 1 aromatic heterocycles. The van der Waals surface area contributed by atoms with Crippen molar-refractivity contribution in [3.05, 3.63) is 66.0 Å². The molecule has 8 fully saturated rings. The molecule has 2 aromatic carbocycles. The molecule has 1 N–H and O–H groups in total. The predicted molar refractivity (Wildman–Crippen MR) is 156 cm³/mol. The summed E-state index contributed by atoms with van der Waals surface area (Å²) in [7, 11) is 0. The van der Waals surface area contributed by atoms with E-state index in [-0.39, 0.29) is 10.8 Å². The maximum absolute atomic E-state index is 12.8. The van der Waals surface area contributed by atoms with Gasteiger partial charge >= 0.3 is 5.97 Å². The van der Waals surface area contributed by atoms with Gasteiger partial charge < -0.3 is 9.67 Å². The third kappa shape index (κ3) is 3.20. The summed E-state index contributed by atoms with van der Waals surface area (Å²) >= 11 is 0. The van der Waals surface area contributed by atoms with Crippen molar-refractivity contribution < 1.29 is 9.90 Å². The van der Waals surface area contributed by atoms with E-state index in [1.165, 1.54) is 74.7 Å². The fraction of sp³-hybridized carbons (Fsp3) is 0.611. The molecule has 0 saturated heterocycles. The Morgan fingerprint density at radius 3 is 2.05 bits per heavy atom. The molecule has 4 heteroatoms. The van der Waals surface area contributed by atoms with E-state index in [0.29, 0.717) is 17.3 Å². The van der Waals surface area contributed by atoms with E-state index < -0.39 is 11.4 Å². The number of imidazole rings is 1. The van der Waals surface area contributed by atoms with Crippen molar-refractivity contribution in [1.82, 2.24) is 9.55 Å². The summed E-state index contributed by atoms with van der Waals surface area (Å²) in [4.78, 5) is 18.3. The highest BCUT2D eigenvalue weighted by Gasteiger charge is 2.71. The minimum atomic E-state index is -0.479. The van der Waals surface area contributed by atoms with Crippen LogP contribution >= 0.6 is 0 Å². The first-order chi connectivity index (χ1) is 19.4. The molecule has 0 radical (unpaired) electrons. The highest BCUT2D eigenvalue weighted by atomic mass is 16.4. The lowest BCUT2D eigenvalue weighted by molar-refractivity contribution is -0.231. The second-order valence-electron chi connectivity index (χ2n) is 15.7. The third-order valence-corrected chi connectivity index (χ3v) is 13.3. The van der Waals surface area contributed by atoms with Gasteiger partial charge in [-0.15, -0.1) is 0 Å². The van der Waals surface area contributed by atoms with Crippen molar-refractivity contribution in [2.45, 2.75) is 95.4 Å². The summed E-state index contributed by atoms with van der Waals surface area (Å²) in [5.41, 5.74) is 4.06. The molecule has 4 nitrogen and oxygen atoms in total. The van der Waals surface area contributed by atoms with E-state index >= 15 is 0 Å². The summed E-state index contributed by atoms with van der Waals surface area (Å²) < 4.78 is 2.61. The number of aromatic nitrogens is 2. The van der Waals surface area contributed by atoms with Gasteiger partial charge in [0.25, 0.3) is 0 Å². The van der Waals surface area contributed by atoms with Gasteiger partial charge in [-0.3, -0.25) is 4.79 Å². The highest BCUT2D eigenvalue weighted by molar-refractivity contribution is 5.76. The molecule has 1 heterocycles. The Kier molecular flexibility index (Phi) is 4.81. The number of aliphatic carboxylic acids is 1. The normalized spacial score (nSPS) is 42.6. The van der Waals surface area contributed by atoms with Gasteiger partial charge in [-0.25, -0.2) is 4.98 Å². The van der Waals surface area contributed by atoms with Gasteiger partial charge in [-0.1, -0.05) is 42.5 Å². The van der Waals surface area contributed by atoms with Gasteiger partial charge in [0.2, 0.25) is 0 Å². The van der Waals surface area contributed by atoms with E-state index in [2.05, 4.69) is 59.2 Å². The predicted octanol–water partition coefficient (Wildman–Crippen LogP) is 7.79. The maximum atomic E-state index is 12.8. The molecule has 0 aliphatic heterocycles. The van der Waals surface area contributed by atoms with Crippen LogP contribution in [0.4, 0.5) is 0 Å². The quantitative estimate of drug-likeness (QED) is 0.351. The van der Waals surface area contributed by atoms with Crippen LogP contribution in [0.15, 0.2) is 54.6 Å². The van der Waals surface area contributed by atoms with Crippen LogP contribution in [-0.4, -0.2) is 20.6 Å². The molecule has 11 rings (SSSR count). The minimum Gasteiger partial charge on any atom is -0.481 e. The second-order valence-corrected chi connectivity index (χ2v) is 15.7. The monoisotopic (exact) mass is 534 g/mol. The first-order valence-electron chi connectivity index (χ1n) is 16.1. The lowest BCUT2D eigenvalue weighted by atomic mass is 9.31. The minimum absolute atomic E-state index is 0.138. The smallest absolute Gasteiger partial charge is 0.309 e. The van der Waals surface area contributed by atoms with Gasteiger partial charge in [-0.2, -0.15) is 0 Å². The van der Waals surface area contributed by atoms with Gasteiger partial charge in [-0.05, 0) is 136 Å². The molecule has 0 spiro atoms. The van der Waals surface area contributed by atoms with Crippen LogP contribution in [-0.2, 0) is 23.2 Å². The lowest BCUT2D eigenvalue weighted by Crippen LogP contribution is -2.66. The molecular formula is C36H42N2O2. The average molecular weight is 535 g/mol. The summed E-state index contributed by atoms with van der Waals surface area (Å²) in [6.07, 6.45) is 15.7. The molecule has 8 bridgehead atoms. The number of carboxylic acids is 1. The molecular weight excluding hydrogens is 492 g/mol. The molecule has 4 unspecified atom stereocenters. The van der Waals surface area contributed by atoms with Crippen LogP contribution in [0.2, 0.25) is 0 Å². The number of carbonyl (C=O) groups is 1. The SMILES string of the molecule is O=C(O)C12CC3CC(C1)CC(C14CC5CC(CC(c6nc7ccccc7n6CCc6ccccc6)(C5)C1)C4)(C3)C2. The number of hydrogen-bond acceptors (Lipinski definition) is 2. The van der Waals surface area contributed by atoms with Crippen molar-refractivity contribution in [3.8, 4) is 0 Å². The highest BCUT2D eigenvalue weighted by Crippen LogP contribution is 2.78. The first-order valence-corrected chi connectivity index (χ1v) is 16.1. The summed E-state index contributed by atoms with van der Waals surface area (Å²) in [5.74, 6) is 3.71. The van der Waals surface area contributed by atoms with Crippen molar-refractivity contribution in [2.75, 3.05) is 0 Å². The number of para-hydroxylation sites is 2. The maximum Gasteiger partial charge on any atom is 0.309 e. The number of nitrogens with zero attached hydrogens (tertiary/aromatic N) is 2. The van der Waals surface area contributed by atoms with Crippen molar-refractivity contribution in [3.63, 3.8) is 0 Å². The molecule has 3 aromatic rings. The van der Waals surface area contributed by atoms with E-state index in [0.717, 1.165) is 49.6 Å². The van der Waals surface area contributed by atoms with Crippen LogP contribution in [0, 0.1) is 39.9 Å². The number of carboxylic acid groups (broad SMARTS) is 1. The van der Waals surface area contributed by atoms with Gasteiger partial charge in [0.1, 0.15) is 5.82 Å². The number of rotatable bonds is 6. The molecule has 0 amide bonds. The van der Waals surface area contributed by atoms with Crippen molar-refractivity contribution >= 4 is 17.0 Å². The Hall–Kier alpha value is -2.62. The zero-order valence-corrected chi connectivity index (χ0v) is 23.7. The average Bonchev–Trinajstić information content (AvgIpc) is 3.31. The topological polar surface area (TPSA) is 55.1 Å². The van der Waals surface area contributed by atoms with E-state index in [4.69, 9.17) is 4.98 Å². The van der Waals surface area contributed by atoms with Gasteiger partial charge in [0.15, 0.2) is 0 Å². The standard InChI is InChI=1S/C36H42N2O2/c39-32(40)34-16-27-13-28(17-34)21-36(20-27,23-34)35-18-25-12-26(19-35)15-33(14-25,22-35)31-37-29-8-4-5-9-30(29)38(31)11-10-24-6-2-1-3-7-24/h1-9,25-28H,10-23H2,(H,39,40). The Bertz CT molecular complexity index is 1480. The Morgan fingerprint density at radius 2 is 1.38 bits per heavy atom. The summed E-state index contributed by atoms with van der Waals surface area (Å²) in [5, 5.41) is 10.6. The van der Waals surface area contributed by atoms with E-state index in [1.807, 2.05) is 0 Å². The van der Waals surface area contributed by atoms with Crippen LogP contribution in [0.25, 0.3) is 11.0 Å². The Morgan fingerprint density at radius 1 is 0.775 bits per heavy atom. The first kappa shape index (κ1) is 24.0. The van der Waals surface area contributed by atoms with Crippen molar-refractivity contribution in [1.29, 1.82) is 0 Å². The molecule has 8 aliphatic carbocycles. The Balaban J connectivity index is 1.15. The third-order valence-electron chi connectivity index (χ3n) is 13.3. The lowest BCUT2D eigenvalue weighted by Gasteiger charge is -2.73. The van der Waals surface area contributed by atoms with Crippen LogP contribution in [0.5, 0.6) is 0 Å². The van der Waals surface area contributed by atoms with Gasteiger partial charge in [0.05, 0.1) is 16.4 Å². The molecule has 40 heavy (non-hydrogen) atoms. The van der Waals surface area contributed by atoms with E-state index in [1.54, 1.807) is 0 Å². The fourth-order valence-electron chi connectivity index (χ4n) is 12.9. The van der Waals surface area contributed by atoms with Crippen molar-refractivity contribution in [2.24, 2.45) is 39.9 Å². The van der Waals surface area contributed by atoms with E-state index in [9.17, 15) is 9.90 Å². The number of aryl methyl sites for hydroxylation is 2. The largest absolute Gasteiger partial charge is 0.481 e. The molecule has 4 atom stereocenters. The zero-order chi connectivity index (χ0) is 26.7.